The molecule has 8 nitrogen and oxygen atoms in total. The van der Waals surface area contributed by atoms with Crippen molar-refractivity contribution in [3.05, 3.63) is 50.7 Å². The first-order valence-electron chi connectivity index (χ1n) is 7.70. The summed E-state index contributed by atoms with van der Waals surface area (Å²) in [5.74, 6) is 1.70. The first-order valence-corrected chi connectivity index (χ1v) is 7.70. The minimum atomic E-state index is -0.609. The summed E-state index contributed by atoms with van der Waals surface area (Å²) in [4.78, 5) is 23.9. The van der Waals surface area contributed by atoms with Crippen molar-refractivity contribution in [3.63, 3.8) is 0 Å². The molecule has 1 aromatic heterocycles. The molecule has 0 saturated carbocycles. The SMILES string of the molecule is COc1ccc(OCCCNc2c(C#N)c(=O)n(C)c(=O)n2C)cc1. The molecular formula is C17H20N4O4. The topological polar surface area (TPSA) is 98.3 Å². The Morgan fingerprint density at radius 1 is 1.12 bits per heavy atom. The number of ether oxygens (including phenoxy) is 2. The zero-order valence-electron chi connectivity index (χ0n) is 14.4. The highest BCUT2D eigenvalue weighted by Crippen LogP contribution is 2.17. The van der Waals surface area contributed by atoms with Gasteiger partial charge in [-0.05, 0) is 30.7 Å². The fourth-order valence-electron chi connectivity index (χ4n) is 2.29. The Morgan fingerprint density at radius 3 is 2.36 bits per heavy atom. The maximum absolute atomic E-state index is 12.0. The maximum Gasteiger partial charge on any atom is 0.332 e. The minimum absolute atomic E-state index is 0.0827. The lowest BCUT2D eigenvalue weighted by Crippen LogP contribution is -2.40. The molecule has 0 unspecified atom stereocenters. The van der Waals surface area contributed by atoms with Crippen molar-refractivity contribution < 1.29 is 9.47 Å². The molecule has 0 radical (unpaired) electrons. The summed E-state index contributed by atoms with van der Waals surface area (Å²) in [6.07, 6.45) is 0.625. The van der Waals surface area contributed by atoms with Crippen LogP contribution in [0.2, 0.25) is 0 Å². The molecule has 132 valence electrons. The predicted molar refractivity (Wildman–Crippen MR) is 93.2 cm³/mol. The second kappa shape index (κ2) is 8.06. The highest BCUT2D eigenvalue weighted by Gasteiger charge is 2.14. The summed E-state index contributed by atoms with van der Waals surface area (Å²) in [5, 5.41) is 12.2. The van der Waals surface area contributed by atoms with Crippen LogP contribution in [0.5, 0.6) is 11.5 Å². The molecule has 0 atom stereocenters. The van der Waals surface area contributed by atoms with Crippen LogP contribution in [0.15, 0.2) is 33.9 Å². The molecule has 0 fully saturated rings. The monoisotopic (exact) mass is 344 g/mol. The van der Waals surface area contributed by atoms with Gasteiger partial charge in [0.25, 0.3) is 5.56 Å². The molecule has 0 saturated heterocycles. The Morgan fingerprint density at radius 2 is 1.76 bits per heavy atom. The van der Waals surface area contributed by atoms with Gasteiger partial charge in [0.2, 0.25) is 0 Å². The van der Waals surface area contributed by atoms with Crippen LogP contribution in [0, 0.1) is 11.3 Å². The predicted octanol–water partition coefficient (Wildman–Crippen LogP) is 0.845. The van der Waals surface area contributed by atoms with Gasteiger partial charge in [-0.1, -0.05) is 0 Å². The lowest BCUT2D eigenvalue weighted by Gasteiger charge is -2.13. The molecule has 2 rings (SSSR count). The lowest BCUT2D eigenvalue weighted by atomic mass is 10.3. The Kier molecular flexibility index (Phi) is 5.84. The van der Waals surface area contributed by atoms with Gasteiger partial charge < -0.3 is 14.8 Å². The van der Waals surface area contributed by atoms with Gasteiger partial charge >= 0.3 is 5.69 Å². The molecular weight excluding hydrogens is 324 g/mol. The van der Waals surface area contributed by atoms with Gasteiger partial charge in [-0.15, -0.1) is 0 Å². The smallest absolute Gasteiger partial charge is 0.332 e. The van der Waals surface area contributed by atoms with E-state index in [9.17, 15) is 14.9 Å². The number of hydrogen-bond acceptors (Lipinski definition) is 6. The molecule has 2 aromatic rings. The average molecular weight is 344 g/mol. The molecule has 1 N–H and O–H groups in total. The third kappa shape index (κ3) is 4.01. The van der Waals surface area contributed by atoms with Crippen molar-refractivity contribution in [2.75, 3.05) is 25.6 Å². The molecule has 0 bridgehead atoms. The number of aromatic nitrogens is 2. The first kappa shape index (κ1) is 18.1. The van der Waals surface area contributed by atoms with E-state index in [-0.39, 0.29) is 11.4 Å². The van der Waals surface area contributed by atoms with Gasteiger partial charge in [-0.3, -0.25) is 13.9 Å². The van der Waals surface area contributed by atoms with Crippen molar-refractivity contribution in [1.82, 2.24) is 9.13 Å². The first-order chi connectivity index (χ1) is 12.0. The Hall–Kier alpha value is -3.21. The molecule has 1 heterocycles. The summed E-state index contributed by atoms with van der Waals surface area (Å²) in [6.45, 7) is 0.894. The van der Waals surface area contributed by atoms with Crippen LogP contribution in [-0.2, 0) is 14.1 Å². The van der Waals surface area contributed by atoms with E-state index in [4.69, 9.17) is 9.47 Å². The van der Waals surface area contributed by atoms with Crippen LogP contribution in [0.3, 0.4) is 0 Å². The van der Waals surface area contributed by atoms with E-state index in [0.29, 0.717) is 19.6 Å². The fraction of sp³-hybridized carbons (Fsp3) is 0.353. The zero-order valence-corrected chi connectivity index (χ0v) is 14.4. The molecule has 1 aromatic carbocycles. The largest absolute Gasteiger partial charge is 0.497 e. The van der Waals surface area contributed by atoms with Crippen LogP contribution < -0.4 is 26.0 Å². The number of rotatable bonds is 7. The lowest BCUT2D eigenvalue weighted by molar-refractivity contribution is 0.314. The standard InChI is InChI=1S/C17H20N4O4/c1-20-15(14(11-18)16(22)21(2)17(20)23)19-9-4-10-25-13-7-5-12(24-3)6-8-13/h5-8,19H,4,9-10H2,1-3H3. The van der Waals surface area contributed by atoms with E-state index < -0.39 is 11.2 Å². The summed E-state index contributed by atoms with van der Waals surface area (Å²) in [5.41, 5.74) is -1.18. The number of methoxy groups -OCH3 is 1. The van der Waals surface area contributed by atoms with Crippen molar-refractivity contribution >= 4 is 5.82 Å². The highest BCUT2D eigenvalue weighted by molar-refractivity contribution is 5.51. The third-order valence-electron chi connectivity index (χ3n) is 3.72. The average Bonchev–Trinajstić information content (AvgIpc) is 2.64. The van der Waals surface area contributed by atoms with Crippen LogP contribution in [-0.4, -0.2) is 29.4 Å². The Labute approximate surface area is 144 Å². The molecule has 0 aliphatic carbocycles. The minimum Gasteiger partial charge on any atom is -0.497 e. The molecule has 25 heavy (non-hydrogen) atoms. The van der Waals surface area contributed by atoms with Gasteiger partial charge in [0.15, 0.2) is 5.56 Å². The number of nitriles is 1. The quantitative estimate of drug-likeness (QED) is 0.748. The normalized spacial score (nSPS) is 10.2. The maximum atomic E-state index is 12.0. The van der Waals surface area contributed by atoms with Gasteiger partial charge in [0.1, 0.15) is 23.4 Å². The molecule has 0 aliphatic heterocycles. The van der Waals surface area contributed by atoms with Crippen molar-refractivity contribution in [1.29, 1.82) is 5.26 Å². The second-order valence-corrected chi connectivity index (χ2v) is 5.35. The van der Waals surface area contributed by atoms with Gasteiger partial charge in [0, 0.05) is 20.6 Å². The van der Waals surface area contributed by atoms with E-state index in [2.05, 4.69) is 5.32 Å². The van der Waals surface area contributed by atoms with Crippen molar-refractivity contribution in [3.8, 4) is 17.6 Å². The number of nitrogens with zero attached hydrogens (tertiary/aromatic N) is 3. The molecule has 0 amide bonds. The van der Waals surface area contributed by atoms with Crippen LogP contribution in [0.4, 0.5) is 5.82 Å². The second-order valence-electron chi connectivity index (χ2n) is 5.35. The van der Waals surface area contributed by atoms with E-state index in [1.807, 2.05) is 30.3 Å². The fourth-order valence-corrected chi connectivity index (χ4v) is 2.29. The Balaban J connectivity index is 1.95. The van der Waals surface area contributed by atoms with Crippen LogP contribution >= 0.6 is 0 Å². The van der Waals surface area contributed by atoms with E-state index in [0.717, 1.165) is 16.1 Å². The van der Waals surface area contributed by atoms with E-state index in [1.54, 1.807) is 7.11 Å². The van der Waals surface area contributed by atoms with Crippen LogP contribution in [0.25, 0.3) is 0 Å². The number of benzene rings is 1. The van der Waals surface area contributed by atoms with E-state index >= 15 is 0 Å². The van der Waals surface area contributed by atoms with E-state index in [1.165, 1.54) is 18.7 Å². The van der Waals surface area contributed by atoms with Crippen molar-refractivity contribution in [2.45, 2.75) is 6.42 Å². The summed E-state index contributed by atoms with van der Waals surface area (Å²) < 4.78 is 12.8. The number of nitrogens with one attached hydrogen (secondary N) is 1. The summed E-state index contributed by atoms with van der Waals surface area (Å²) in [6, 6.07) is 9.09. The molecule has 0 aliphatic rings. The van der Waals surface area contributed by atoms with Gasteiger partial charge in [-0.2, -0.15) is 5.26 Å². The highest BCUT2D eigenvalue weighted by atomic mass is 16.5. The summed E-state index contributed by atoms with van der Waals surface area (Å²) in [7, 11) is 4.46. The number of anilines is 1. The third-order valence-corrected chi connectivity index (χ3v) is 3.72. The van der Waals surface area contributed by atoms with Gasteiger partial charge in [0.05, 0.1) is 13.7 Å². The zero-order chi connectivity index (χ0) is 18.4. The number of hydrogen-bond donors (Lipinski definition) is 1. The summed E-state index contributed by atoms with van der Waals surface area (Å²) >= 11 is 0. The van der Waals surface area contributed by atoms with Crippen LogP contribution in [0.1, 0.15) is 12.0 Å². The Bertz CT molecular complexity index is 891. The van der Waals surface area contributed by atoms with Gasteiger partial charge in [-0.25, -0.2) is 4.79 Å². The molecule has 8 heteroatoms. The van der Waals surface area contributed by atoms with Crippen molar-refractivity contribution in [2.24, 2.45) is 14.1 Å². The molecule has 0 spiro atoms.